The number of carboxylic acid groups (broad SMARTS) is 1. The lowest BCUT2D eigenvalue weighted by atomic mass is 9.84. The number of anilines is 1. The summed E-state index contributed by atoms with van der Waals surface area (Å²) in [5.41, 5.74) is 0.170. The Morgan fingerprint density at radius 2 is 2.16 bits per heavy atom. The highest BCUT2D eigenvalue weighted by Gasteiger charge is 2.34. The molecule has 1 aromatic rings. The van der Waals surface area contributed by atoms with Gasteiger partial charge in [0.15, 0.2) is 0 Å². The van der Waals surface area contributed by atoms with Gasteiger partial charge < -0.3 is 15.3 Å². The Labute approximate surface area is 116 Å². The second kappa shape index (κ2) is 4.98. The monoisotopic (exact) mass is 281 g/mol. The lowest BCUT2D eigenvalue weighted by Gasteiger charge is -2.45. The molecule has 0 aromatic carbocycles. The summed E-state index contributed by atoms with van der Waals surface area (Å²) in [4.78, 5) is 17.6. The van der Waals surface area contributed by atoms with Crippen LogP contribution in [0, 0.1) is 5.92 Å². The number of hydrogen-bond acceptors (Lipinski definition) is 4. The molecule has 1 aromatic heterocycles. The molecule has 3 aliphatic heterocycles. The zero-order chi connectivity index (χ0) is 13.4. The Bertz CT molecular complexity index is 501. The molecule has 3 aliphatic rings. The second-order valence-electron chi connectivity index (χ2n) is 5.26. The number of aromatic carboxylic acids is 1. The molecule has 3 saturated heterocycles. The first-order valence-electron chi connectivity index (χ1n) is 6.51. The fourth-order valence-electron chi connectivity index (χ4n) is 3.01. The number of hydrogen-bond donors (Lipinski definition) is 2. The van der Waals surface area contributed by atoms with Crippen molar-refractivity contribution in [3.05, 3.63) is 22.8 Å². The maximum atomic E-state index is 11.0. The van der Waals surface area contributed by atoms with Gasteiger partial charge in [-0.3, -0.25) is 0 Å². The summed E-state index contributed by atoms with van der Waals surface area (Å²) in [5, 5.41) is 12.6. The fraction of sp³-hybridized carbons (Fsp3) is 0.538. The highest BCUT2D eigenvalue weighted by atomic mass is 35.5. The third kappa shape index (κ3) is 2.67. The number of halogens is 1. The van der Waals surface area contributed by atoms with Gasteiger partial charge in [-0.05, 0) is 44.0 Å². The van der Waals surface area contributed by atoms with Gasteiger partial charge in [0.25, 0.3) is 0 Å². The van der Waals surface area contributed by atoms with Crippen molar-refractivity contribution < 1.29 is 9.90 Å². The summed E-state index contributed by atoms with van der Waals surface area (Å²) in [6, 6.07) is 3.26. The van der Waals surface area contributed by atoms with E-state index in [9.17, 15) is 4.79 Å². The Morgan fingerprint density at radius 3 is 2.74 bits per heavy atom. The summed E-state index contributed by atoms with van der Waals surface area (Å²) in [6.45, 7) is 3.35. The number of nitrogens with one attached hydrogen (secondary N) is 1. The molecule has 0 spiro atoms. The molecule has 2 N–H and O–H groups in total. The maximum absolute atomic E-state index is 11.0. The van der Waals surface area contributed by atoms with E-state index in [1.165, 1.54) is 32.0 Å². The molecule has 1 atom stereocenters. The molecule has 4 heterocycles. The molecule has 4 rings (SSSR count). The van der Waals surface area contributed by atoms with E-state index < -0.39 is 5.97 Å². The van der Waals surface area contributed by atoms with Crippen LogP contribution in [0.1, 0.15) is 23.2 Å². The minimum atomic E-state index is -0.985. The number of rotatable bonds is 3. The highest BCUT2D eigenvalue weighted by molar-refractivity contribution is 6.29. The van der Waals surface area contributed by atoms with Crippen LogP contribution in [-0.4, -0.2) is 46.6 Å². The average molecular weight is 282 g/mol. The summed E-state index contributed by atoms with van der Waals surface area (Å²) >= 11 is 5.87. The molecular formula is C13H16ClN3O2. The summed E-state index contributed by atoms with van der Waals surface area (Å²) in [5.74, 6) is 0.226. The van der Waals surface area contributed by atoms with Crippen LogP contribution in [0.5, 0.6) is 0 Å². The first kappa shape index (κ1) is 12.7. The predicted molar refractivity (Wildman–Crippen MR) is 72.8 cm³/mol. The number of nitrogens with zero attached hydrogens (tertiary/aromatic N) is 2. The van der Waals surface area contributed by atoms with Crippen LogP contribution in [0.2, 0.25) is 5.15 Å². The zero-order valence-corrected chi connectivity index (χ0v) is 11.2. The van der Waals surface area contributed by atoms with E-state index in [0.717, 1.165) is 6.54 Å². The van der Waals surface area contributed by atoms with Gasteiger partial charge in [0.2, 0.25) is 0 Å². The van der Waals surface area contributed by atoms with Crippen LogP contribution in [0.25, 0.3) is 0 Å². The Balaban J connectivity index is 1.78. The number of pyridine rings is 1. The van der Waals surface area contributed by atoms with Gasteiger partial charge in [-0.1, -0.05) is 11.6 Å². The SMILES string of the molecule is O=C(O)c1cc(Cl)nc(NC2CN3CCC2CC3)c1. The quantitative estimate of drug-likeness (QED) is 0.829. The van der Waals surface area contributed by atoms with Crippen LogP contribution < -0.4 is 5.32 Å². The van der Waals surface area contributed by atoms with E-state index in [1.807, 2.05) is 0 Å². The fourth-order valence-corrected chi connectivity index (χ4v) is 3.22. The molecule has 0 radical (unpaired) electrons. The highest BCUT2D eigenvalue weighted by Crippen LogP contribution is 2.29. The maximum Gasteiger partial charge on any atom is 0.335 e. The largest absolute Gasteiger partial charge is 0.478 e. The molecule has 0 aliphatic carbocycles. The molecule has 2 bridgehead atoms. The van der Waals surface area contributed by atoms with E-state index in [0.29, 0.717) is 17.8 Å². The molecule has 0 amide bonds. The van der Waals surface area contributed by atoms with Crippen LogP contribution in [-0.2, 0) is 0 Å². The van der Waals surface area contributed by atoms with E-state index in [2.05, 4.69) is 15.2 Å². The molecule has 5 nitrogen and oxygen atoms in total. The van der Waals surface area contributed by atoms with Crippen molar-refractivity contribution in [2.75, 3.05) is 25.0 Å². The van der Waals surface area contributed by atoms with Crippen molar-refractivity contribution in [1.29, 1.82) is 0 Å². The number of carbonyl (C=O) groups is 1. The summed E-state index contributed by atoms with van der Waals surface area (Å²) in [7, 11) is 0. The third-order valence-electron chi connectivity index (χ3n) is 4.03. The Hall–Kier alpha value is -1.33. The number of carboxylic acids is 1. The second-order valence-corrected chi connectivity index (χ2v) is 5.65. The van der Waals surface area contributed by atoms with Gasteiger partial charge in [0.05, 0.1) is 5.56 Å². The first-order valence-corrected chi connectivity index (χ1v) is 6.89. The lowest BCUT2D eigenvalue weighted by molar-refractivity contribution is 0.0696. The first-order chi connectivity index (χ1) is 9.11. The van der Waals surface area contributed by atoms with E-state index in [1.54, 1.807) is 6.07 Å². The van der Waals surface area contributed by atoms with Crippen molar-refractivity contribution in [2.24, 2.45) is 5.92 Å². The smallest absolute Gasteiger partial charge is 0.335 e. The van der Waals surface area contributed by atoms with Crippen molar-refractivity contribution in [3.8, 4) is 0 Å². The number of piperidine rings is 3. The van der Waals surface area contributed by atoms with Crippen LogP contribution in [0.15, 0.2) is 12.1 Å². The molecule has 102 valence electrons. The molecular weight excluding hydrogens is 266 g/mol. The average Bonchev–Trinajstić information content (AvgIpc) is 2.39. The van der Waals surface area contributed by atoms with E-state index in [4.69, 9.17) is 16.7 Å². The van der Waals surface area contributed by atoms with Gasteiger partial charge >= 0.3 is 5.97 Å². The third-order valence-corrected chi connectivity index (χ3v) is 4.22. The molecule has 3 fully saturated rings. The van der Waals surface area contributed by atoms with Gasteiger partial charge in [-0.15, -0.1) is 0 Å². The van der Waals surface area contributed by atoms with Crippen molar-refractivity contribution in [3.63, 3.8) is 0 Å². The molecule has 19 heavy (non-hydrogen) atoms. The minimum Gasteiger partial charge on any atom is -0.478 e. The van der Waals surface area contributed by atoms with E-state index >= 15 is 0 Å². The van der Waals surface area contributed by atoms with Crippen molar-refractivity contribution in [2.45, 2.75) is 18.9 Å². The molecule has 0 saturated carbocycles. The lowest BCUT2D eigenvalue weighted by Crippen LogP contribution is -2.53. The van der Waals surface area contributed by atoms with Crippen molar-refractivity contribution >= 4 is 23.4 Å². The topological polar surface area (TPSA) is 65.5 Å². The van der Waals surface area contributed by atoms with Crippen LogP contribution >= 0.6 is 11.6 Å². The minimum absolute atomic E-state index is 0.170. The summed E-state index contributed by atoms with van der Waals surface area (Å²) < 4.78 is 0. The molecule has 6 heteroatoms. The normalized spacial score (nSPS) is 29.2. The Kier molecular flexibility index (Phi) is 3.33. The van der Waals surface area contributed by atoms with E-state index in [-0.39, 0.29) is 10.7 Å². The van der Waals surface area contributed by atoms with Crippen LogP contribution in [0.4, 0.5) is 5.82 Å². The standard InChI is InChI=1S/C13H16ClN3O2/c14-11-5-9(13(18)19)6-12(16-11)15-10-7-17-3-1-8(10)2-4-17/h5-6,8,10H,1-4,7H2,(H,15,16)(H,18,19). The van der Waals surface area contributed by atoms with Gasteiger partial charge in [-0.25, -0.2) is 9.78 Å². The van der Waals surface area contributed by atoms with Crippen molar-refractivity contribution in [1.82, 2.24) is 9.88 Å². The molecule has 1 unspecified atom stereocenters. The van der Waals surface area contributed by atoms with Gasteiger partial charge in [0.1, 0.15) is 11.0 Å². The van der Waals surface area contributed by atoms with Gasteiger partial charge in [0, 0.05) is 12.6 Å². The zero-order valence-electron chi connectivity index (χ0n) is 10.5. The van der Waals surface area contributed by atoms with Gasteiger partial charge in [-0.2, -0.15) is 0 Å². The number of fused-ring (bicyclic) bond motifs is 3. The number of aromatic nitrogens is 1. The van der Waals surface area contributed by atoms with Crippen LogP contribution in [0.3, 0.4) is 0 Å². The summed E-state index contributed by atoms with van der Waals surface area (Å²) in [6.07, 6.45) is 2.40. The predicted octanol–water partition coefficient (Wildman–Crippen LogP) is 1.94. The Morgan fingerprint density at radius 1 is 1.42 bits per heavy atom.